The minimum absolute atomic E-state index is 0.294. The number of unbranched alkanes of at least 4 members (excludes halogenated alkanes) is 1. The Morgan fingerprint density at radius 1 is 0.818 bits per heavy atom. The van der Waals surface area contributed by atoms with Crippen LogP contribution in [0.2, 0.25) is 0 Å². The summed E-state index contributed by atoms with van der Waals surface area (Å²) >= 11 is 0. The normalized spacial score (nSPS) is 16.4. The number of hydrogen-bond donors (Lipinski definition) is 9. The van der Waals surface area contributed by atoms with Crippen molar-refractivity contribution in [1.29, 1.82) is 0 Å². The van der Waals surface area contributed by atoms with Crippen LogP contribution in [0.5, 0.6) is 0 Å². The summed E-state index contributed by atoms with van der Waals surface area (Å²) < 4.78 is 0. The highest BCUT2D eigenvalue weighted by Crippen LogP contribution is 2.04. The predicted molar refractivity (Wildman–Crippen MR) is 116 cm³/mol. The number of carbonyl (C=O) groups excluding carboxylic acids is 4. The smallest absolute Gasteiger partial charge is 0.328 e. The van der Waals surface area contributed by atoms with Gasteiger partial charge in [0.05, 0.1) is 18.2 Å². The zero-order valence-corrected chi connectivity index (χ0v) is 18.8. The van der Waals surface area contributed by atoms with Gasteiger partial charge in [0.2, 0.25) is 23.6 Å². The summed E-state index contributed by atoms with van der Waals surface area (Å²) in [6, 6.07) is -5.57. The Labute approximate surface area is 191 Å². The third-order valence-corrected chi connectivity index (χ3v) is 4.73. The van der Waals surface area contributed by atoms with E-state index in [-0.39, 0.29) is 12.8 Å². The number of aliphatic hydroxyl groups excluding tert-OH is 2. The Bertz CT molecular complexity index is 687. The van der Waals surface area contributed by atoms with E-state index >= 15 is 0 Å². The molecule has 0 aromatic rings. The SMILES string of the molecule is CC(O)C(NC(=O)C(CCC(N)=O)NC(=O)C(NC(=O)C(N)CCCCN)C(C)O)C(=O)O. The third kappa shape index (κ3) is 11.6. The van der Waals surface area contributed by atoms with Gasteiger partial charge < -0.3 is 48.5 Å². The van der Waals surface area contributed by atoms with E-state index in [4.69, 9.17) is 22.3 Å². The van der Waals surface area contributed by atoms with Gasteiger partial charge in [-0.3, -0.25) is 19.2 Å². The molecule has 6 atom stereocenters. The maximum atomic E-state index is 12.7. The quantitative estimate of drug-likeness (QED) is 0.0975. The average molecular weight is 477 g/mol. The highest BCUT2D eigenvalue weighted by atomic mass is 16.4. The lowest BCUT2D eigenvalue weighted by atomic mass is 10.1. The summed E-state index contributed by atoms with van der Waals surface area (Å²) in [5.74, 6) is -4.98. The number of aliphatic carboxylic acids is 1. The minimum Gasteiger partial charge on any atom is -0.480 e. The zero-order valence-electron chi connectivity index (χ0n) is 18.8. The van der Waals surface area contributed by atoms with E-state index in [9.17, 15) is 34.2 Å². The van der Waals surface area contributed by atoms with Crippen molar-refractivity contribution in [2.45, 2.75) is 82.3 Å². The van der Waals surface area contributed by atoms with Crippen LogP contribution < -0.4 is 33.2 Å². The minimum atomic E-state index is -1.68. The molecule has 0 spiro atoms. The number of rotatable bonds is 16. The molecule has 190 valence electrons. The summed E-state index contributed by atoms with van der Waals surface area (Å²) in [5, 5.41) is 35.3. The molecule has 4 amide bonds. The Morgan fingerprint density at radius 3 is 1.82 bits per heavy atom. The van der Waals surface area contributed by atoms with Crippen LogP contribution in [0.15, 0.2) is 0 Å². The molecule has 0 aromatic carbocycles. The molecule has 14 nitrogen and oxygen atoms in total. The molecule has 0 heterocycles. The second-order valence-corrected chi connectivity index (χ2v) is 7.75. The molecule has 0 aliphatic rings. The standard InChI is InChI=1S/C19H36N6O8/c1-9(26)14(24-16(29)11(21)5-3-4-8-20)18(31)23-12(6-7-13(22)28)17(30)25-15(10(2)27)19(32)33/h9-12,14-15,26-27H,3-8,20-21H2,1-2H3,(H2,22,28)(H,23,31)(H,24,29)(H,25,30)(H,32,33). The molecule has 6 unspecified atom stereocenters. The maximum Gasteiger partial charge on any atom is 0.328 e. The highest BCUT2D eigenvalue weighted by molar-refractivity contribution is 5.94. The van der Waals surface area contributed by atoms with Crippen molar-refractivity contribution in [1.82, 2.24) is 16.0 Å². The number of aliphatic hydroxyl groups is 2. The van der Waals surface area contributed by atoms with Gasteiger partial charge in [-0.2, -0.15) is 0 Å². The molecule has 0 aromatic heterocycles. The Kier molecular flexibility index (Phi) is 13.8. The van der Waals surface area contributed by atoms with Gasteiger partial charge in [-0.15, -0.1) is 0 Å². The Hall–Kier alpha value is -2.81. The van der Waals surface area contributed by atoms with E-state index < -0.39 is 66.0 Å². The zero-order chi connectivity index (χ0) is 25.7. The first-order valence-electron chi connectivity index (χ1n) is 10.6. The van der Waals surface area contributed by atoms with E-state index in [1.807, 2.05) is 0 Å². The molecular weight excluding hydrogens is 440 g/mol. The number of carbonyl (C=O) groups is 5. The summed E-state index contributed by atoms with van der Waals surface area (Å²) in [6.45, 7) is 2.81. The van der Waals surface area contributed by atoms with Crippen molar-refractivity contribution >= 4 is 29.6 Å². The van der Waals surface area contributed by atoms with Crippen molar-refractivity contribution < 1.29 is 39.3 Å². The van der Waals surface area contributed by atoms with Gasteiger partial charge in [-0.25, -0.2) is 4.79 Å². The number of carboxylic acids is 1. The fourth-order valence-corrected chi connectivity index (χ4v) is 2.76. The molecule has 0 aliphatic carbocycles. The van der Waals surface area contributed by atoms with E-state index in [0.717, 1.165) is 6.92 Å². The van der Waals surface area contributed by atoms with Crippen LogP contribution in [-0.4, -0.2) is 87.8 Å². The monoisotopic (exact) mass is 476 g/mol. The number of amides is 4. The molecule has 0 fully saturated rings. The molecule has 0 rings (SSSR count). The van der Waals surface area contributed by atoms with Crippen molar-refractivity contribution in [2.75, 3.05) is 6.54 Å². The largest absolute Gasteiger partial charge is 0.480 e. The van der Waals surface area contributed by atoms with E-state index in [1.165, 1.54) is 6.92 Å². The number of nitrogens with one attached hydrogen (secondary N) is 3. The number of nitrogens with two attached hydrogens (primary N) is 3. The van der Waals surface area contributed by atoms with Crippen LogP contribution in [-0.2, 0) is 24.0 Å². The van der Waals surface area contributed by atoms with Crippen LogP contribution in [0.25, 0.3) is 0 Å². The van der Waals surface area contributed by atoms with Crippen molar-refractivity contribution in [3.63, 3.8) is 0 Å². The maximum absolute atomic E-state index is 12.7. The van der Waals surface area contributed by atoms with Crippen LogP contribution >= 0.6 is 0 Å². The summed E-state index contributed by atoms with van der Waals surface area (Å²) in [5.41, 5.74) is 16.3. The highest BCUT2D eigenvalue weighted by Gasteiger charge is 2.33. The molecule has 33 heavy (non-hydrogen) atoms. The summed E-state index contributed by atoms with van der Waals surface area (Å²) in [7, 11) is 0. The fraction of sp³-hybridized carbons (Fsp3) is 0.737. The molecular formula is C19H36N6O8. The average Bonchev–Trinajstić information content (AvgIpc) is 2.71. The molecule has 0 saturated heterocycles. The van der Waals surface area contributed by atoms with Gasteiger partial charge in [-0.05, 0) is 39.7 Å². The van der Waals surface area contributed by atoms with E-state index in [0.29, 0.717) is 25.8 Å². The van der Waals surface area contributed by atoms with Gasteiger partial charge in [0.25, 0.3) is 0 Å². The molecule has 0 aliphatic heterocycles. The van der Waals surface area contributed by atoms with Gasteiger partial charge in [0.15, 0.2) is 6.04 Å². The van der Waals surface area contributed by atoms with Gasteiger partial charge in [0.1, 0.15) is 12.1 Å². The first kappa shape index (κ1) is 30.2. The molecule has 0 radical (unpaired) electrons. The van der Waals surface area contributed by atoms with Crippen LogP contribution in [0.1, 0.15) is 46.0 Å². The predicted octanol–water partition coefficient (Wildman–Crippen LogP) is -3.99. The van der Waals surface area contributed by atoms with Crippen LogP contribution in [0, 0.1) is 0 Å². The van der Waals surface area contributed by atoms with Crippen molar-refractivity contribution in [3.05, 3.63) is 0 Å². The molecule has 0 saturated carbocycles. The number of hydrogen-bond acceptors (Lipinski definition) is 9. The first-order valence-corrected chi connectivity index (χ1v) is 10.6. The van der Waals surface area contributed by atoms with Gasteiger partial charge >= 0.3 is 5.97 Å². The summed E-state index contributed by atoms with van der Waals surface area (Å²) in [4.78, 5) is 59.9. The lowest BCUT2D eigenvalue weighted by molar-refractivity contribution is -0.145. The van der Waals surface area contributed by atoms with E-state index in [1.54, 1.807) is 0 Å². The second kappa shape index (κ2) is 15.1. The van der Waals surface area contributed by atoms with Crippen LogP contribution in [0.3, 0.4) is 0 Å². The Balaban J connectivity index is 5.40. The third-order valence-electron chi connectivity index (χ3n) is 4.73. The molecule has 14 heteroatoms. The van der Waals surface area contributed by atoms with E-state index in [2.05, 4.69) is 16.0 Å². The Morgan fingerprint density at radius 2 is 1.36 bits per heavy atom. The summed E-state index contributed by atoms with van der Waals surface area (Å²) in [6.07, 6.45) is -1.92. The van der Waals surface area contributed by atoms with Crippen LogP contribution in [0.4, 0.5) is 0 Å². The van der Waals surface area contributed by atoms with Gasteiger partial charge in [0, 0.05) is 6.42 Å². The van der Waals surface area contributed by atoms with Crippen molar-refractivity contribution in [2.24, 2.45) is 17.2 Å². The lowest BCUT2D eigenvalue weighted by Gasteiger charge is -2.26. The first-order chi connectivity index (χ1) is 15.3. The lowest BCUT2D eigenvalue weighted by Crippen LogP contribution is -2.60. The number of primary amides is 1. The fourth-order valence-electron chi connectivity index (χ4n) is 2.76. The topological polar surface area (TPSA) is 260 Å². The van der Waals surface area contributed by atoms with Gasteiger partial charge in [-0.1, -0.05) is 6.42 Å². The number of carboxylic acid groups (broad SMARTS) is 1. The molecule has 12 N–H and O–H groups in total. The second-order valence-electron chi connectivity index (χ2n) is 7.75. The van der Waals surface area contributed by atoms with Crippen molar-refractivity contribution in [3.8, 4) is 0 Å². The molecule has 0 bridgehead atoms.